The highest BCUT2D eigenvalue weighted by Crippen LogP contribution is 2.26. The molecule has 180 valence electrons. The second kappa shape index (κ2) is 11.4. The number of anilines is 1. The number of aromatic nitrogens is 3. The summed E-state index contributed by atoms with van der Waals surface area (Å²) in [6, 6.07) is 21.2. The van der Waals surface area contributed by atoms with Crippen molar-refractivity contribution >= 4 is 39.3 Å². The van der Waals surface area contributed by atoms with E-state index in [0.717, 1.165) is 38.5 Å². The molecule has 0 aliphatic carbocycles. The van der Waals surface area contributed by atoms with Crippen LogP contribution in [-0.4, -0.2) is 33.5 Å². The molecule has 1 N–H and O–H groups in total. The summed E-state index contributed by atoms with van der Waals surface area (Å²) >= 11 is 4.76. The van der Waals surface area contributed by atoms with Crippen LogP contribution in [0, 0.1) is 13.8 Å². The van der Waals surface area contributed by atoms with Gasteiger partial charge in [-0.25, -0.2) is 0 Å². The van der Waals surface area contributed by atoms with Crippen molar-refractivity contribution in [3.05, 3.63) is 88.2 Å². The van der Waals surface area contributed by atoms with Crippen molar-refractivity contribution < 1.29 is 14.3 Å². The molecule has 0 unspecified atom stereocenters. The fourth-order valence-corrected chi connectivity index (χ4v) is 4.59. The molecule has 0 radical (unpaired) electrons. The molecule has 0 saturated carbocycles. The van der Waals surface area contributed by atoms with Crippen molar-refractivity contribution in [2.45, 2.75) is 25.6 Å². The Kier molecular flexibility index (Phi) is 8.09. The third kappa shape index (κ3) is 6.43. The Morgan fingerprint density at radius 3 is 2.40 bits per heavy atom. The first-order valence-corrected chi connectivity index (χ1v) is 12.7. The monoisotopic (exact) mass is 552 g/mol. The average molecular weight is 553 g/mol. The molecule has 0 spiro atoms. The first-order chi connectivity index (χ1) is 16.9. The number of ether oxygens (including phenoxy) is 2. The van der Waals surface area contributed by atoms with Gasteiger partial charge >= 0.3 is 0 Å². The van der Waals surface area contributed by atoms with Crippen LogP contribution in [0.3, 0.4) is 0 Å². The van der Waals surface area contributed by atoms with Gasteiger partial charge in [-0.3, -0.25) is 9.36 Å². The molecule has 1 amide bonds. The van der Waals surface area contributed by atoms with E-state index in [1.807, 2.05) is 85.1 Å². The lowest BCUT2D eigenvalue weighted by Crippen LogP contribution is -2.15. The van der Waals surface area contributed by atoms with Gasteiger partial charge in [0.2, 0.25) is 5.91 Å². The number of hydrogen-bond acceptors (Lipinski definition) is 6. The minimum atomic E-state index is -0.123. The summed E-state index contributed by atoms with van der Waals surface area (Å²) < 4.78 is 14.1. The molecule has 0 saturated heterocycles. The molecule has 9 heteroatoms. The number of nitrogens with one attached hydrogen (secondary N) is 1. The minimum Gasteiger partial charge on any atom is -0.497 e. The lowest BCUT2D eigenvalue weighted by molar-refractivity contribution is -0.113. The van der Waals surface area contributed by atoms with E-state index in [1.54, 1.807) is 7.11 Å². The van der Waals surface area contributed by atoms with Gasteiger partial charge < -0.3 is 14.8 Å². The van der Waals surface area contributed by atoms with E-state index in [4.69, 9.17) is 9.47 Å². The third-order valence-corrected chi connectivity index (χ3v) is 6.64. The first kappa shape index (κ1) is 24.8. The van der Waals surface area contributed by atoms with Crippen LogP contribution in [-0.2, 0) is 11.4 Å². The summed E-state index contributed by atoms with van der Waals surface area (Å²) in [5, 5.41) is 12.3. The molecule has 0 bridgehead atoms. The topological polar surface area (TPSA) is 78.3 Å². The predicted molar refractivity (Wildman–Crippen MR) is 142 cm³/mol. The number of rotatable bonds is 9. The predicted octanol–water partition coefficient (Wildman–Crippen LogP) is 5.97. The highest BCUT2D eigenvalue weighted by Gasteiger charge is 2.17. The van der Waals surface area contributed by atoms with Gasteiger partial charge in [-0.1, -0.05) is 45.4 Å². The highest BCUT2D eigenvalue weighted by molar-refractivity contribution is 9.10. The number of hydrogen-bond donors (Lipinski definition) is 1. The van der Waals surface area contributed by atoms with Gasteiger partial charge in [0, 0.05) is 15.8 Å². The minimum absolute atomic E-state index is 0.123. The number of thioether (sulfide) groups is 1. The molecule has 3 aromatic carbocycles. The molecular formula is C26H25BrN4O3S. The molecular weight excluding hydrogens is 528 g/mol. The van der Waals surface area contributed by atoms with Crippen LogP contribution in [0.2, 0.25) is 0 Å². The number of benzene rings is 3. The van der Waals surface area contributed by atoms with Crippen LogP contribution in [0.5, 0.6) is 11.5 Å². The van der Waals surface area contributed by atoms with E-state index in [1.165, 1.54) is 11.8 Å². The molecule has 0 atom stereocenters. The van der Waals surface area contributed by atoms with Crippen molar-refractivity contribution in [2.24, 2.45) is 0 Å². The van der Waals surface area contributed by atoms with Gasteiger partial charge in [0.05, 0.1) is 12.9 Å². The van der Waals surface area contributed by atoms with E-state index in [2.05, 4.69) is 31.4 Å². The van der Waals surface area contributed by atoms with E-state index < -0.39 is 0 Å². The number of amides is 1. The smallest absolute Gasteiger partial charge is 0.234 e. The Morgan fingerprint density at radius 2 is 1.71 bits per heavy atom. The summed E-state index contributed by atoms with van der Waals surface area (Å²) in [5.41, 5.74) is 3.77. The van der Waals surface area contributed by atoms with E-state index in [-0.39, 0.29) is 18.3 Å². The van der Waals surface area contributed by atoms with Crippen molar-refractivity contribution in [3.8, 4) is 17.2 Å². The summed E-state index contributed by atoms with van der Waals surface area (Å²) in [4.78, 5) is 12.7. The molecule has 1 aromatic heterocycles. The SMILES string of the molecule is COc1ccc(-n2c(COc3ccc(C)cc3)nnc2SCC(=O)Nc2ccc(Br)cc2C)cc1. The zero-order valence-corrected chi connectivity index (χ0v) is 22.0. The summed E-state index contributed by atoms with van der Waals surface area (Å²) in [5.74, 6) is 2.18. The van der Waals surface area contributed by atoms with Crippen LogP contribution in [0.4, 0.5) is 5.69 Å². The van der Waals surface area contributed by atoms with E-state index in [0.29, 0.717) is 11.0 Å². The Bertz CT molecular complexity index is 1310. The maximum Gasteiger partial charge on any atom is 0.234 e. The summed E-state index contributed by atoms with van der Waals surface area (Å²) in [6.07, 6.45) is 0. The van der Waals surface area contributed by atoms with Crippen molar-refractivity contribution in [3.63, 3.8) is 0 Å². The molecule has 4 aromatic rings. The molecule has 0 aliphatic heterocycles. The van der Waals surface area contributed by atoms with Gasteiger partial charge in [0.1, 0.15) is 18.1 Å². The van der Waals surface area contributed by atoms with Gasteiger partial charge in [-0.15, -0.1) is 10.2 Å². The fourth-order valence-electron chi connectivity index (χ4n) is 3.34. The fraction of sp³-hybridized carbons (Fsp3) is 0.192. The normalized spacial score (nSPS) is 10.7. The zero-order chi connectivity index (χ0) is 24.8. The number of aryl methyl sites for hydroxylation is 2. The maximum atomic E-state index is 12.7. The maximum absolute atomic E-state index is 12.7. The average Bonchev–Trinajstić information content (AvgIpc) is 3.27. The van der Waals surface area contributed by atoms with E-state index >= 15 is 0 Å². The van der Waals surface area contributed by atoms with Crippen molar-refractivity contribution in [2.75, 3.05) is 18.2 Å². The van der Waals surface area contributed by atoms with Crippen molar-refractivity contribution in [1.82, 2.24) is 14.8 Å². The van der Waals surface area contributed by atoms with Crippen LogP contribution in [0.15, 0.2) is 76.4 Å². The first-order valence-electron chi connectivity index (χ1n) is 10.9. The van der Waals surface area contributed by atoms with E-state index in [9.17, 15) is 4.79 Å². The number of carbonyl (C=O) groups excluding carboxylic acids is 1. The third-order valence-electron chi connectivity index (χ3n) is 5.21. The van der Waals surface area contributed by atoms with Crippen LogP contribution >= 0.6 is 27.7 Å². The van der Waals surface area contributed by atoms with Gasteiger partial charge in [-0.2, -0.15) is 0 Å². The Hall–Kier alpha value is -3.30. The Labute approximate surface area is 217 Å². The largest absolute Gasteiger partial charge is 0.497 e. The van der Waals surface area contributed by atoms with Crippen LogP contribution < -0.4 is 14.8 Å². The van der Waals surface area contributed by atoms with Gasteiger partial charge in [0.25, 0.3) is 0 Å². The second-order valence-corrected chi connectivity index (χ2v) is 9.69. The Balaban J connectivity index is 1.52. The summed E-state index contributed by atoms with van der Waals surface area (Å²) in [7, 11) is 1.63. The van der Waals surface area contributed by atoms with Crippen molar-refractivity contribution in [1.29, 1.82) is 0 Å². The number of nitrogens with zero attached hydrogens (tertiary/aromatic N) is 3. The van der Waals surface area contributed by atoms with Gasteiger partial charge in [-0.05, 0) is 74.0 Å². The lowest BCUT2D eigenvalue weighted by Gasteiger charge is -2.12. The number of carbonyl (C=O) groups is 1. The highest BCUT2D eigenvalue weighted by atomic mass is 79.9. The summed E-state index contributed by atoms with van der Waals surface area (Å²) in [6.45, 7) is 4.21. The standard InChI is InChI=1S/C26H25BrN4O3S/c1-17-4-9-22(10-5-17)34-15-24-29-30-26(31(24)20-7-11-21(33-3)12-8-20)35-16-25(32)28-23-13-6-19(27)14-18(23)2/h4-14H,15-16H2,1-3H3,(H,28,32). The molecule has 1 heterocycles. The molecule has 35 heavy (non-hydrogen) atoms. The lowest BCUT2D eigenvalue weighted by atomic mass is 10.2. The van der Waals surface area contributed by atoms with Gasteiger partial charge in [0.15, 0.2) is 11.0 Å². The number of halogens is 1. The quantitative estimate of drug-likeness (QED) is 0.258. The van der Waals surface area contributed by atoms with Crippen LogP contribution in [0.1, 0.15) is 17.0 Å². The van der Waals surface area contributed by atoms with Crippen LogP contribution in [0.25, 0.3) is 5.69 Å². The Morgan fingerprint density at radius 1 is 1.00 bits per heavy atom. The number of methoxy groups -OCH3 is 1. The molecule has 7 nitrogen and oxygen atoms in total. The second-order valence-electron chi connectivity index (χ2n) is 7.83. The zero-order valence-electron chi connectivity index (χ0n) is 19.6. The molecule has 0 fully saturated rings. The molecule has 0 aliphatic rings. The molecule has 4 rings (SSSR count).